The van der Waals surface area contributed by atoms with Gasteiger partial charge in [-0.25, -0.2) is 0 Å². The van der Waals surface area contributed by atoms with Crippen LogP contribution in [0.1, 0.15) is 0 Å². The normalized spacial score (nSPS) is 12.1. The van der Waals surface area contributed by atoms with Gasteiger partial charge >= 0.3 is 0 Å². The van der Waals surface area contributed by atoms with E-state index < -0.39 is 0 Å². The largest absolute Gasteiger partial charge is 0.342 e. The first kappa shape index (κ1) is 22.0. The highest BCUT2D eigenvalue weighted by molar-refractivity contribution is 7.26. The molecular weight excluding hydrogens is 504 g/mol. The van der Waals surface area contributed by atoms with Crippen LogP contribution in [-0.2, 0) is 7.05 Å². The second kappa shape index (κ2) is 8.08. The van der Waals surface area contributed by atoms with Gasteiger partial charge in [0.15, 0.2) is 0 Å². The Labute approximate surface area is 234 Å². The Balaban J connectivity index is 1.31. The maximum Gasteiger partial charge on any atom is 0.0785 e. The van der Waals surface area contributed by atoms with Gasteiger partial charge in [-0.1, -0.05) is 97.1 Å². The van der Waals surface area contributed by atoms with Gasteiger partial charge in [0.05, 0.1) is 16.6 Å². The van der Waals surface area contributed by atoms with E-state index in [1.54, 1.807) is 0 Å². The van der Waals surface area contributed by atoms with Crippen LogP contribution in [-0.4, -0.2) is 9.13 Å². The molecule has 3 heteroatoms. The summed E-state index contributed by atoms with van der Waals surface area (Å²) in [4.78, 5) is 0. The molecule has 0 saturated heterocycles. The highest BCUT2D eigenvalue weighted by Gasteiger charge is 2.19. The summed E-state index contributed by atoms with van der Waals surface area (Å²) < 4.78 is 7.51. The molecule has 9 aromatic rings. The number of hydrogen-bond acceptors (Lipinski definition) is 1. The number of nitrogens with zero attached hydrogens (tertiary/aromatic N) is 2. The van der Waals surface area contributed by atoms with Crippen molar-refractivity contribution in [2.75, 3.05) is 0 Å². The standard InChI is InChI=1S/C37H24N2S/c1-38-32-14-5-2-9-26(32)29-21-22-30-27-10-3-6-15-33(27)39(36(30)35(29)38)24-19-17-23(18-20-24)25-12-8-13-31-28-11-4-7-16-34(28)40-37(25)31/h2-22H,1H3. The summed E-state index contributed by atoms with van der Waals surface area (Å²) >= 11 is 1.89. The number of benzene rings is 6. The topological polar surface area (TPSA) is 9.86 Å². The van der Waals surface area contributed by atoms with Crippen LogP contribution in [0.25, 0.3) is 80.6 Å². The fraction of sp³-hybridized carbons (Fsp3) is 0.0270. The maximum atomic E-state index is 2.45. The molecule has 0 atom stereocenters. The van der Waals surface area contributed by atoms with E-state index in [1.165, 1.54) is 80.6 Å². The first-order valence-corrected chi connectivity index (χ1v) is 14.5. The molecule has 0 aliphatic heterocycles. The van der Waals surface area contributed by atoms with Crippen molar-refractivity contribution in [1.29, 1.82) is 0 Å². The third-order valence-electron chi connectivity index (χ3n) is 8.54. The molecule has 0 N–H and O–H groups in total. The molecular formula is C37H24N2S. The Kier molecular flexibility index (Phi) is 4.44. The lowest BCUT2D eigenvalue weighted by atomic mass is 10.0. The van der Waals surface area contributed by atoms with Crippen molar-refractivity contribution in [3.05, 3.63) is 127 Å². The molecule has 0 spiro atoms. The average molecular weight is 529 g/mol. The first-order valence-electron chi connectivity index (χ1n) is 13.7. The van der Waals surface area contributed by atoms with Crippen molar-refractivity contribution in [3.8, 4) is 16.8 Å². The Bertz CT molecular complexity index is 2430. The predicted molar refractivity (Wildman–Crippen MR) is 173 cm³/mol. The van der Waals surface area contributed by atoms with Crippen molar-refractivity contribution in [2.24, 2.45) is 7.05 Å². The average Bonchev–Trinajstić information content (AvgIpc) is 3.65. The summed E-state index contributed by atoms with van der Waals surface area (Å²) in [6.45, 7) is 0. The number of thiophene rings is 1. The Morgan fingerprint density at radius 1 is 0.475 bits per heavy atom. The van der Waals surface area contributed by atoms with Gasteiger partial charge in [-0.2, -0.15) is 0 Å². The van der Waals surface area contributed by atoms with Crippen LogP contribution in [0.3, 0.4) is 0 Å². The van der Waals surface area contributed by atoms with Gasteiger partial charge < -0.3 is 9.13 Å². The van der Waals surface area contributed by atoms with Crippen molar-refractivity contribution >= 4 is 75.1 Å². The number of hydrogen-bond donors (Lipinski definition) is 0. The quantitative estimate of drug-likeness (QED) is 0.211. The minimum atomic E-state index is 1.18. The molecule has 3 aromatic heterocycles. The summed E-state index contributed by atoms with van der Waals surface area (Å²) in [5.74, 6) is 0. The molecule has 0 bridgehead atoms. The third kappa shape index (κ3) is 2.87. The van der Waals surface area contributed by atoms with Gasteiger partial charge in [-0.05, 0) is 41.5 Å². The Morgan fingerprint density at radius 3 is 1.90 bits per heavy atom. The van der Waals surface area contributed by atoms with E-state index >= 15 is 0 Å². The van der Waals surface area contributed by atoms with Gasteiger partial charge in [0.1, 0.15) is 0 Å². The van der Waals surface area contributed by atoms with Crippen LogP contribution in [0.15, 0.2) is 127 Å². The molecule has 3 heterocycles. The van der Waals surface area contributed by atoms with E-state index in [1.807, 2.05) is 11.3 Å². The number of aromatic nitrogens is 2. The fourth-order valence-corrected chi connectivity index (χ4v) is 7.98. The van der Waals surface area contributed by atoms with Gasteiger partial charge in [0, 0.05) is 60.0 Å². The Hall–Kier alpha value is -4.86. The molecule has 6 aromatic carbocycles. The molecule has 2 nitrogen and oxygen atoms in total. The molecule has 0 aliphatic carbocycles. The highest BCUT2D eigenvalue weighted by Crippen LogP contribution is 2.42. The van der Waals surface area contributed by atoms with E-state index in [0.717, 1.165) is 0 Å². The van der Waals surface area contributed by atoms with Crippen LogP contribution in [0.2, 0.25) is 0 Å². The molecule has 40 heavy (non-hydrogen) atoms. The maximum absolute atomic E-state index is 2.45. The zero-order valence-corrected chi connectivity index (χ0v) is 22.7. The van der Waals surface area contributed by atoms with Crippen LogP contribution in [0.4, 0.5) is 0 Å². The van der Waals surface area contributed by atoms with Crippen LogP contribution < -0.4 is 0 Å². The molecule has 0 radical (unpaired) electrons. The van der Waals surface area contributed by atoms with E-state index in [0.29, 0.717) is 0 Å². The van der Waals surface area contributed by atoms with Crippen molar-refractivity contribution in [2.45, 2.75) is 0 Å². The van der Waals surface area contributed by atoms with Crippen molar-refractivity contribution < 1.29 is 0 Å². The lowest BCUT2D eigenvalue weighted by Gasteiger charge is -2.11. The van der Waals surface area contributed by atoms with Crippen LogP contribution in [0.5, 0.6) is 0 Å². The zero-order valence-electron chi connectivity index (χ0n) is 21.9. The lowest BCUT2D eigenvalue weighted by Crippen LogP contribution is -1.96. The molecule has 9 rings (SSSR count). The minimum absolute atomic E-state index is 1.18. The fourth-order valence-electron chi connectivity index (χ4n) is 6.74. The minimum Gasteiger partial charge on any atom is -0.342 e. The molecule has 0 amide bonds. The monoisotopic (exact) mass is 528 g/mol. The molecule has 188 valence electrons. The molecule has 0 unspecified atom stereocenters. The van der Waals surface area contributed by atoms with E-state index in [2.05, 4.69) is 144 Å². The van der Waals surface area contributed by atoms with Gasteiger partial charge in [-0.3, -0.25) is 0 Å². The van der Waals surface area contributed by atoms with E-state index in [4.69, 9.17) is 0 Å². The lowest BCUT2D eigenvalue weighted by molar-refractivity contribution is 1.01. The summed E-state index contributed by atoms with van der Waals surface area (Å²) in [7, 11) is 2.20. The summed E-state index contributed by atoms with van der Waals surface area (Å²) in [6, 6.07) is 46.7. The smallest absolute Gasteiger partial charge is 0.0785 e. The second-order valence-electron chi connectivity index (χ2n) is 10.6. The van der Waals surface area contributed by atoms with E-state index in [-0.39, 0.29) is 0 Å². The first-order chi connectivity index (χ1) is 19.8. The van der Waals surface area contributed by atoms with E-state index in [9.17, 15) is 0 Å². The number of fused-ring (bicyclic) bond motifs is 10. The van der Waals surface area contributed by atoms with Crippen LogP contribution in [0, 0.1) is 0 Å². The zero-order chi connectivity index (χ0) is 26.4. The number of aryl methyl sites for hydroxylation is 1. The second-order valence-corrected chi connectivity index (χ2v) is 11.7. The Morgan fingerprint density at radius 2 is 1.10 bits per heavy atom. The van der Waals surface area contributed by atoms with Gasteiger partial charge in [0.25, 0.3) is 0 Å². The SMILES string of the molecule is Cn1c2ccccc2c2ccc3c4ccccc4n(-c4ccc(-c5cccc6c5sc5ccccc56)cc4)c3c21. The third-order valence-corrected chi connectivity index (χ3v) is 9.76. The predicted octanol–water partition coefficient (Wildman–Crippen LogP) is 10.5. The van der Waals surface area contributed by atoms with Gasteiger partial charge in [0.2, 0.25) is 0 Å². The molecule has 0 fully saturated rings. The summed E-state index contributed by atoms with van der Waals surface area (Å²) in [5.41, 5.74) is 8.74. The van der Waals surface area contributed by atoms with Gasteiger partial charge in [-0.15, -0.1) is 11.3 Å². The number of rotatable bonds is 2. The molecule has 0 saturated carbocycles. The van der Waals surface area contributed by atoms with Crippen molar-refractivity contribution in [3.63, 3.8) is 0 Å². The number of para-hydroxylation sites is 2. The van der Waals surface area contributed by atoms with Crippen LogP contribution >= 0.6 is 11.3 Å². The highest BCUT2D eigenvalue weighted by atomic mass is 32.1. The van der Waals surface area contributed by atoms with Crippen molar-refractivity contribution in [1.82, 2.24) is 9.13 Å². The molecule has 0 aliphatic rings. The summed E-state index contributed by atoms with van der Waals surface area (Å²) in [6.07, 6.45) is 0. The summed E-state index contributed by atoms with van der Waals surface area (Å²) in [5, 5.41) is 7.83.